The highest BCUT2D eigenvalue weighted by Gasteiger charge is 2.21. The molecule has 0 amide bonds. The van der Waals surface area contributed by atoms with Crippen molar-refractivity contribution in [1.82, 2.24) is 10.2 Å². The summed E-state index contributed by atoms with van der Waals surface area (Å²) in [5.74, 6) is -0.467. The smallest absolute Gasteiger partial charge is 0.341 e. The van der Waals surface area contributed by atoms with Crippen LogP contribution >= 0.6 is 0 Å². The van der Waals surface area contributed by atoms with Gasteiger partial charge in [-0.3, -0.25) is 0 Å². The molecular weight excluding hydrogens is 256 g/mol. The molecule has 5 nitrogen and oxygen atoms in total. The number of hydrogen-bond donors (Lipinski definition) is 1. The van der Waals surface area contributed by atoms with Gasteiger partial charge >= 0.3 is 5.97 Å². The van der Waals surface area contributed by atoms with Crippen LogP contribution in [0.5, 0.6) is 11.6 Å². The van der Waals surface area contributed by atoms with Crippen LogP contribution in [0.2, 0.25) is 0 Å². The molecule has 0 unspecified atom stereocenters. The summed E-state index contributed by atoms with van der Waals surface area (Å²) >= 11 is 0. The predicted molar refractivity (Wildman–Crippen MR) is 74.3 cm³/mol. The molecule has 2 rings (SSSR count). The predicted octanol–water partition coefficient (Wildman–Crippen LogP) is 3.09. The van der Waals surface area contributed by atoms with E-state index in [0.29, 0.717) is 29.8 Å². The Hall–Kier alpha value is -2.43. The first kappa shape index (κ1) is 14.0. The highest BCUT2D eigenvalue weighted by molar-refractivity contribution is 5.92. The fraction of sp³-hybridized carbons (Fsp3) is 0.267. The van der Waals surface area contributed by atoms with Gasteiger partial charge in [-0.1, -0.05) is 32.0 Å². The Morgan fingerprint density at radius 3 is 2.40 bits per heavy atom. The minimum absolute atomic E-state index is 0.0396. The standard InChI is InChI=1S/C15H16N2O3/c1-3-11-12(4-2)16-17-14(13(11)15(18)19)20-10-8-6-5-7-9-10/h5-9H,3-4H2,1-2H3,(H,18,19). The van der Waals surface area contributed by atoms with Crippen molar-refractivity contribution >= 4 is 5.97 Å². The van der Waals surface area contributed by atoms with Gasteiger partial charge in [-0.15, -0.1) is 5.10 Å². The summed E-state index contributed by atoms with van der Waals surface area (Å²) in [6, 6.07) is 8.96. The maximum atomic E-state index is 11.5. The minimum Gasteiger partial charge on any atom is -0.477 e. The molecule has 5 heteroatoms. The summed E-state index contributed by atoms with van der Waals surface area (Å²) in [6.07, 6.45) is 1.22. The van der Waals surface area contributed by atoms with Gasteiger partial charge in [-0.05, 0) is 30.5 Å². The Bertz CT molecular complexity index is 612. The number of hydrogen-bond acceptors (Lipinski definition) is 4. The molecule has 0 saturated carbocycles. The lowest BCUT2D eigenvalue weighted by atomic mass is 10.0. The summed E-state index contributed by atoms with van der Waals surface area (Å²) in [4.78, 5) is 11.5. The molecule has 0 aliphatic rings. The van der Waals surface area contributed by atoms with Crippen LogP contribution in [-0.2, 0) is 12.8 Å². The van der Waals surface area contributed by atoms with Crippen LogP contribution in [0.4, 0.5) is 0 Å². The zero-order valence-corrected chi connectivity index (χ0v) is 11.5. The monoisotopic (exact) mass is 272 g/mol. The Labute approximate surface area is 117 Å². The van der Waals surface area contributed by atoms with Crippen LogP contribution in [-0.4, -0.2) is 21.3 Å². The third-order valence-electron chi connectivity index (χ3n) is 2.99. The highest BCUT2D eigenvalue weighted by Crippen LogP contribution is 2.27. The molecular formula is C15H16N2O3. The third kappa shape index (κ3) is 2.77. The van der Waals surface area contributed by atoms with Crippen molar-refractivity contribution in [3.05, 3.63) is 47.2 Å². The molecule has 1 N–H and O–H groups in total. The lowest BCUT2D eigenvalue weighted by Gasteiger charge is -2.12. The van der Waals surface area contributed by atoms with Gasteiger partial charge in [0.1, 0.15) is 11.3 Å². The van der Waals surface area contributed by atoms with Crippen molar-refractivity contribution in [3.63, 3.8) is 0 Å². The van der Waals surface area contributed by atoms with Crippen molar-refractivity contribution in [2.45, 2.75) is 26.7 Å². The van der Waals surface area contributed by atoms with Crippen molar-refractivity contribution in [2.75, 3.05) is 0 Å². The van der Waals surface area contributed by atoms with E-state index < -0.39 is 5.97 Å². The first-order valence-electron chi connectivity index (χ1n) is 6.52. The SMILES string of the molecule is CCc1nnc(Oc2ccccc2)c(C(=O)O)c1CC. The Kier molecular flexibility index (Phi) is 4.30. The summed E-state index contributed by atoms with van der Waals surface area (Å²) in [5.41, 5.74) is 1.48. The number of aryl methyl sites for hydroxylation is 1. The number of rotatable bonds is 5. The maximum Gasteiger partial charge on any atom is 0.341 e. The van der Waals surface area contributed by atoms with Gasteiger partial charge in [0.25, 0.3) is 5.88 Å². The van der Waals surface area contributed by atoms with Gasteiger partial charge in [0.2, 0.25) is 0 Å². The number of para-hydroxylation sites is 1. The van der Waals surface area contributed by atoms with E-state index in [-0.39, 0.29) is 11.4 Å². The van der Waals surface area contributed by atoms with E-state index in [4.69, 9.17) is 4.74 Å². The van der Waals surface area contributed by atoms with E-state index in [1.54, 1.807) is 12.1 Å². The number of carbonyl (C=O) groups is 1. The minimum atomic E-state index is -1.04. The van der Waals surface area contributed by atoms with Crippen molar-refractivity contribution in [2.24, 2.45) is 0 Å². The molecule has 0 saturated heterocycles. The number of carboxylic acids is 1. The molecule has 0 aliphatic carbocycles. The molecule has 0 fully saturated rings. The van der Waals surface area contributed by atoms with Crippen LogP contribution < -0.4 is 4.74 Å². The second-order valence-corrected chi connectivity index (χ2v) is 4.23. The Morgan fingerprint density at radius 1 is 1.15 bits per heavy atom. The lowest BCUT2D eigenvalue weighted by molar-refractivity contribution is 0.0691. The first-order valence-corrected chi connectivity index (χ1v) is 6.52. The molecule has 0 radical (unpaired) electrons. The van der Waals surface area contributed by atoms with Gasteiger partial charge in [-0.2, -0.15) is 5.10 Å². The molecule has 1 aromatic carbocycles. The zero-order chi connectivity index (χ0) is 14.5. The van der Waals surface area contributed by atoms with E-state index >= 15 is 0 Å². The zero-order valence-electron chi connectivity index (χ0n) is 11.5. The maximum absolute atomic E-state index is 11.5. The highest BCUT2D eigenvalue weighted by atomic mass is 16.5. The molecule has 2 aromatic rings. The van der Waals surface area contributed by atoms with Gasteiger partial charge in [-0.25, -0.2) is 4.79 Å². The van der Waals surface area contributed by atoms with Crippen LogP contribution in [0, 0.1) is 0 Å². The normalized spacial score (nSPS) is 10.3. The van der Waals surface area contributed by atoms with Gasteiger partial charge in [0, 0.05) is 0 Å². The topological polar surface area (TPSA) is 72.3 Å². The number of ether oxygens (including phenoxy) is 1. The fourth-order valence-corrected chi connectivity index (χ4v) is 2.05. The number of benzene rings is 1. The van der Waals surface area contributed by atoms with Gasteiger partial charge in [0.05, 0.1) is 5.69 Å². The molecule has 0 spiro atoms. The second kappa shape index (κ2) is 6.14. The number of aromatic carboxylic acids is 1. The summed E-state index contributed by atoms with van der Waals surface area (Å²) < 4.78 is 5.56. The van der Waals surface area contributed by atoms with E-state index in [1.165, 1.54) is 0 Å². The molecule has 20 heavy (non-hydrogen) atoms. The first-order chi connectivity index (χ1) is 9.67. The summed E-state index contributed by atoms with van der Waals surface area (Å²) in [7, 11) is 0. The largest absolute Gasteiger partial charge is 0.477 e. The number of aromatic nitrogens is 2. The average molecular weight is 272 g/mol. The van der Waals surface area contributed by atoms with E-state index in [1.807, 2.05) is 32.0 Å². The Balaban J connectivity index is 2.50. The quantitative estimate of drug-likeness (QED) is 0.905. The van der Waals surface area contributed by atoms with Crippen molar-refractivity contribution < 1.29 is 14.6 Å². The molecule has 0 aliphatic heterocycles. The van der Waals surface area contributed by atoms with Gasteiger partial charge in [0.15, 0.2) is 0 Å². The third-order valence-corrected chi connectivity index (χ3v) is 2.99. The molecule has 104 valence electrons. The van der Waals surface area contributed by atoms with Crippen molar-refractivity contribution in [1.29, 1.82) is 0 Å². The van der Waals surface area contributed by atoms with Gasteiger partial charge < -0.3 is 9.84 Å². The van der Waals surface area contributed by atoms with Crippen LogP contribution in [0.25, 0.3) is 0 Å². The summed E-state index contributed by atoms with van der Waals surface area (Å²) in [5, 5.41) is 17.4. The lowest BCUT2D eigenvalue weighted by Crippen LogP contribution is -2.11. The average Bonchev–Trinajstić information content (AvgIpc) is 2.47. The molecule has 0 bridgehead atoms. The van der Waals surface area contributed by atoms with E-state index in [9.17, 15) is 9.90 Å². The van der Waals surface area contributed by atoms with E-state index in [2.05, 4.69) is 10.2 Å². The molecule has 1 heterocycles. The molecule has 0 atom stereocenters. The number of carboxylic acid groups (broad SMARTS) is 1. The Morgan fingerprint density at radius 2 is 1.85 bits per heavy atom. The second-order valence-electron chi connectivity index (χ2n) is 4.23. The van der Waals surface area contributed by atoms with E-state index in [0.717, 1.165) is 0 Å². The molecule has 1 aromatic heterocycles. The number of nitrogens with zero attached hydrogens (tertiary/aromatic N) is 2. The fourth-order valence-electron chi connectivity index (χ4n) is 2.05. The van der Waals surface area contributed by atoms with Crippen LogP contribution in [0.3, 0.4) is 0 Å². The van der Waals surface area contributed by atoms with Crippen molar-refractivity contribution in [3.8, 4) is 11.6 Å². The van der Waals surface area contributed by atoms with Crippen LogP contribution in [0.1, 0.15) is 35.5 Å². The van der Waals surface area contributed by atoms with Crippen LogP contribution in [0.15, 0.2) is 30.3 Å². The summed E-state index contributed by atoms with van der Waals surface area (Å²) in [6.45, 7) is 3.82.